The Balaban J connectivity index is 2.19. The lowest BCUT2D eigenvalue weighted by atomic mass is 10.00. The maximum absolute atomic E-state index is 12.5. The SMILES string of the molecule is COC(=O)c1ccc(C(=O)CC(=O)c2cc([Si](C)(C)C)ccc2O)cc1. The number of carbonyl (C=O) groups excluding carboxylic acids is 3. The summed E-state index contributed by atoms with van der Waals surface area (Å²) in [6.45, 7) is 6.42. The molecule has 0 aromatic heterocycles. The van der Waals surface area contributed by atoms with E-state index in [2.05, 4.69) is 24.4 Å². The van der Waals surface area contributed by atoms with Crippen LogP contribution >= 0.6 is 0 Å². The van der Waals surface area contributed by atoms with Crippen molar-refractivity contribution in [2.45, 2.75) is 26.1 Å². The molecular formula is C20H22O5Si. The van der Waals surface area contributed by atoms with E-state index < -0.39 is 19.8 Å². The number of ether oxygens (including phenoxy) is 1. The normalized spacial score (nSPS) is 11.1. The summed E-state index contributed by atoms with van der Waals surface area (Å²) in [7, 11) is -0.371. The van der Waals surface area contributed by atoms with E-state index in [0.717, 1.165) is 5.19 Å². The number of esters is 1. The van der Waals surface area contributed by atoms with Gasteiger partial charge in [-0.25, -0.2) is 4.79 Å². The number of methoxy groups -OCH3 is 1. The van der Waals surface area contributed by atoms with E-state index in [-0.39, 0.29) is 23.5 Å². The molecule has 0 atom stereocenters. The van der Waals surface area contributed by atoms with Gasteiger partial charge in [-0.15, -0.1) is 0 Å². The Labute approximate surface area is 153 Å². The zero-order chi connectivity index (χ0) is 19.5. The fourth-order valence-electron chi connectivity index (χ4n) is 2.48. The van der Waals surface area contributed by atoms with Crippen molar-refractivity contribution in [3.05, 3.63) is 59.2 Å². The third-order valence-corrected chi connectivity index (χ3v) is 6.16. The lowest BCUT2D eigenvalue weighted by molar-refractivity contribution is 0.0600. The summed E-state index contributed by atoms with van der Waals surface area (Å²) >= 11 is 0. The van der Waals surface area contributed by atoms with E-state index in [1.54, 1.807) is 6.07 Å². The molecule has 0 radical (unpaired) electrons. The lowest BCUT2D eigenvalue weighted by Gasteiger charge is -2.17. The Kier molecular flexibility index (Phi) is 5.77. The van der Waals surface area contributed by atoms with Gasteiger partial charge in [-0.3, -0.25) is 9.59 Å². The molecule has 2 aromatic carbocycles. The summed E-state index contributed by atoms with van der Waals surface area (Å²) in [4.78, 5) is 36.3. The number of aromatic hydroxyl groups is 1. The molecule has 0 aliphatic heterocycles. The summed E-state index contributed by atoms with van der Waals surface area (Å²) in [5.74, 6) is -1.41. The zero-order valence-electron chi connectivity index (χ0n) is 15.3. The van der Waals surface area contributed by atoms with Crippen molar-refractivity contribution >= 4 is 30.8 Å². The van der Waals surface area contributed by atoms with E-state index >= 15 is 0 Å². The molecule has 26 heavy (non-hydrogen) atoms. The summed E-state index contributed by atoms with van der Waals surface area (Å²) in [5.41, 5.74) is 0.826. The van der Waals surface area contributed by atoms with Crippen LogP contribution in [0.2, 0.25) is 19.6 Å². The number of hydrogen-bond acceptors (Lipinski definition) is 5. The molecule has 1 N–H and O–H groups in total. The zero-order valence-corrected chi connectivity index (χ0v) is 16.3. The molecule has 2 aromatic rings. The molecule has 0 saturated carbocycles. The second-order valence-electron chi connectivity index (χ2n) is 7.07. The highest BCUT2D eigenvalue weighted by Crippen LogP contribution is 2.20. The Hall–Kier alpha value is -2.73. The molecule has 0 aliphatic rings. The Bertz CT molecular complexity index is 847. The first-order chi connectivity index (χ1) is 12.1. The van der Waals surface area contributed by atoms with Gasteiger partial charge >= 0.3 is 5.97 Å². The highest BCUT2D eigenvalue weighted by atomic mass is 28.3. The highest BCUT2D eigenvalue weighted by Gasteiger charge is 2.22. The molecule has 0 amide bonds. The molecule has 0 bridgehead atoms. The van der Waals surface area contributed by atoms with Gasteiger partial charge in [-0.05, 0) is 24.3 Å². The molecule has 0 saturated heterocycles. The minimum Gasteiger partial charge on any atom is -0.507 e. The minimum atomic E-state index is -1.65. The Morgan fingerprint density at radius 3 is 2.04 bits per heavy atom. The van der Waals surface area contributed by atoms with E-state index in [1.807, 2.05) is 6.07 Å². The van der Waals surface area contributed by atoms with Crippen molar-refractivity contribution in [2.75, 3.05) is 7.11 Å². The van der Waals surface area contributed by atoms with Gasteiger partial charge in [-0.2, -0.15) is 0 Å². The second-order valence-corrected chi connectivity index (χ2v) is 12.2. The smallest absolute Gasteiger partial charge is 0.337 e. The van der Waals surface area contributed by atoms with Gasteiger partial charge in [0.15, 0.2) is 11.6 Å². The standard InChI is InChI=1S/C20H22O5Si/c1-25-20(24)14-7-5-13(6-8-14)18(22)12-19(23)16-11-15(26(2,3)4)9-10-17(16)21/h5-11,21H,12H2,1-4H3. The molecule has 2 rings (SSSR count). The first-order valence-corrected chi connectivity index (χ1v) is 11.7. The highest BCUT2D eigenvalue weighted by molar-refractivity contribution is 6.88. The van der Waals surface area contributed by atoms with Crippen molar-refractivity contribution in [3.8, 4) is 5.75 Å². The topological polar surface area (TPSA) is 80.7 Å². The first kappa shape index (κ1) is 19.6. The van der Waals surface area contributed by atoms with Crippen LogP contribution in [0, 0.1) is 0 Å². The Morgan fingerprint density at radius 2 is 1.50 bits per heavy atom. The van der Waals surface area contributed by atoms with Crippen LogP contribution in [0.1, 0.15) is 37.5 Å². The minimum absolute atomic E-state index is 0.120. The van der Waals surface area contributed by atoms with Crippen molar-refractivity contribution in [1.82, 2.24) is 0 Å². The molecule has 0 heterocycles. The monoisotopic (exact) mass is 370 g/mol. The number of rotatable bonds is 6. The molecule has 6 heteroatoms. The van der Waals surface area contributed by atoms with E-state index in [1.165, 1.54) is 37.4 Å². The van der Waals surface area contributed by atoms with Crippen LogP contribution in [0.3, 0.4) is 0 Å². The predicted octanol–water partition coefficient (Wildman–Crippen LogP) is 3.18. The molecule has 0 aliphatic carbocycles. The summed E-state index contributed by atoms with van der Waals surface area (Å²) in [5, 5.41) is 11.0. The largest absolute Gasteiger partial charge is 0.507 e. The fourth-order valence-corrected chi connectivity index (χ4v) is 3.64. The fraction of sp³-hybridized carbons (Fsp3) is 0.250. The van der Waals surface area contributed by atoms with Crippen LogP contribution in [0.25, 0.3) is 0 Å². The average Bonchev–Trinajstić information content (AvgIpc) is 2.60. The van der Waals surface area contributed by atoms with Crippen LogP contribution < -0.4 is 5.19 Å². The number of benzene rings is 2. The molecule has 0 fully saturated rings. The number of hydrogen-bond donors (Lipinski definition) is 1. The van der Waals surface area contributed by atoms with Gasteiger partial charge in [0.2, 0.25) is 0 Å². The maximum atomic E-state index is 12.5. The van der Waals surface area contributed by atoms with Crippen LogP contribution in [0.15, 0.2) is 42.5 Å². The molecule has 5 nitrogen and oxygen atoms in total. The van der Waals surface area contributed by atoms with E-state index in [4.69, 9.17) is 0 Å². The number of Topliss-reactive ketones (excluding diaryl/α,β-unsaturated/α-hetero) is 2. The predicted molar refractivity (Wildman–Crippen MR) is 102 cm³/mol. The van der Waals surface area contributed by atoms with Crippen LogP contribution in [0.5, 0.6) is 5.75 Å². The summed E-state index contributed by atoms with van der Waals surface area (Å²) < 4.78 is 4.61. The number of phenols is 1. The molecule has 0 unspecified atom stereocenters. The third kappa shape index (κ3) is 4.46. The van der Waals surface area contributed by atoms with Crippen LogP contribution in [-0.4, -0.2) is 37.8 Å². The number of carbonyl (C=O) groups is 3. The first-order valence-electron chi connectivity index (χ1n) is 8.21. The second kappa shape index (κ2) is 7.66. The van der Waals surface area contributed by atoms with E-state index in [9.17, 15) is 19.5 Å². The van der Waals surface area contributed by atoms with Gasteiger partial charge in [0.05, 0.1) is 32.7 Å². The van der Waals surface area contributed by atoms with Gasteiger partial charge in [0.1, 0.15) is 5.75 Å². The van der Waals surface area contributed by atoms with Gasteiger partial charge in [-0.1, -0.05) is 43.0 Å². The van der Waals surface area contributed by atoms with Crippen LogP contribution in [-0.2, 0) is 4.74 Å². The summed E-state index contributed by atoms with van der Waals surface area (Å²) in [6, 6.07) is 11.0. The van der Waals surface area contributed by atoms with Gasteiger partial charge in [0, 0.05) is 5.56 Å². The number of ketones is 2. The average molecular weight is 370 g/mol. The third-order valence-electron chi connectivity index (χ3n) is 4.11. The van der Waals surface area contributed by atoms with Gasteiger partial charge < -0.3 is 9.84 Å². The van der Waals surface area contributed by atoms with Crippen molar-refractivity contribution < 1.29 is 24.2 Å². The van der Waals surface area contributed by atoms with Gasteiger partial charge in [0.25, 0.3) is 0 Å². The molecule has 0 spiro atoms. The maximum Gasteiger partial charge on any atom is 0.337 e. The lowest BCUT2D eigenvalue weighted by Crippen LogP contribution is -2.37. The molecule has 136 valence electrons. The Morgan fingerprint density at radius 1 is 0.923 bits per heavy atom. The van der Waals surface area contributed by atoms with E-state index in [0.29, 0.717) is 11.1 Å². The summed E-state index contributed by atoms with van der Waals surface area (Å²) in [6.07, 6.45) is -0.347. The quantitative estimate of drug-likeness (QED) is 0.366. The molecular weight excluding hydrogens is 348 g/mol. The van der Waals surface area contributed by atoms with Crippen molar-refractivity contribution in [1.29, 1.82) is 0 Å². The van der Waals surface area contributed by atoms with Crippen molar-refractivity contribution in [2.24, 2.45) is 0 Å². The van der Waals surface area contributed by atoms with Crippen LogP contribution in [0.4, 0.5) is 0 Å². The van der Waals surface area contributed by atoms with Crippen molar-refractivity contribution in [3.63, 3.8) is 0 Å². The number of phenolic OH excluding ortho intramolecular Hbond substituents is 1.